The average molecular weight is 229 g/mol. The third kappa shape index (κ3) is 0.894. The molecule has 86 valence electrons. The summed E-state index contributed by atoms with van der Waals surface area (Å²) in [6.45, 7) is 0. The van der Waals surface area contributed by atoms with Gasteiger partial charge >= 0.3 is 0 Å². The third-order valence-electron chi connectivity index (χ3n) is 4.17. The molecule has 0 radical (unpaired) electrons. The Bertz CT molecular complexity index is 506. The fraction of sp³-hybridized carbons (Fsp3) is 0.385. The molecule has 0 unspecified atom stereocenters. The molecular weight excluding hydrogens is 218 g/mol. The number of ether oxygens (including phenoxy) is 1. The minimum Gasteiger partial charge on any atom is -0.364 e. The monoisotopic (exact) mass is 229 g/mol. The zero-order valence-corrected chi connectivity index (χ0v) is 9.29. The van der Waals surface area contributed by atoms with E-state index in [0.717, 1.165) is 11.1 Å². The average Bonchev–Trinajstić information content (AvgIpc) is 2.97. The Hall–Kier alpha value is -1.68. The zero-order valence-electron chi connectivity index (χ0n) is 9.29. The van der Waals surface area contributed by atoms with Crippen molar-refractivity contribution in [2.24, 2.45) is 11.8 Å². The van der Waals surface area contributed by atoms with Crippen LogP contribution in [-0.2, 0) is 14.3 Å². The van der Waals surface area contributed by atoms with Crippen LogP contribution in [0.3, 0.4) is 0 Å². The minimum absolute atomic E-state index is 0.0954. The van der Waals surface area contributed by atoms with Gasteiger partial charge in [0.2, 0.25) is 11.8 Å². The Morgan fingerprint density at radius 1 is 1.00 bits per heavy atom. The van der Waals surface area contributed by atoms with Crippen LogP contribution in [0, 0.1) is 11.8 Å². The van der Waals surface area contributed by atoms with Gasteiger partial charge in [-0.15, -0.1) is 0 Å². The Morgan fingerprint density at radius 2 is 1.47 bits per heavy atom. The molecule has 0 aromatic heterocycles. The van der Waals surface area contributed by atoms with E-state index in [-0.39, 0.29) is 35.9 Å². The Morgan fingerprint density at radius 3 is 1.94 bits per heavy atom. The maximum atomic E-state index is 12.0. The first kappa shape index (κ1) is 9.36. The van der Waals surface area contributed by atoms with Crippen molar-refractivity contribution in [2.45, 2.75) is 12.2 Å². The predicted octanol–water partition coefficient (Wildman–Crippen LogP) is 1.04. The van der Waals surface area contributed by atoms with Crippen LogP contribution in [0.5, 0.6) is 0 Å². The number of hydrogen-bond donors (Lipinski definition) is 0. The van der Waals surface area contributed by atoms with Crippen molar-refractivity contribution >= 4 is 11.8 Å². The smallest absolute Gasteiger partial charge is 0.235 e. The normalized spacial score (nSPS) is 37.6. The van der Waals surface area contributed by atoms with Gasteiger partial charge in [-0.1, -0.05) is 24.3 Å². The highest BCUT2D eigenvalue weighted by Gasteiger charge is 2.63. The quantitative estimate of drug-likeness (QED) is 0.624. The molecule has 3 aliphatic heterocycles. The fourth-order valence-electron chi connectivity index (χ4n) is 3.39. The molecule has 0 saturated carbocycles. The second-order valence-corrected chi connectivity index (χ2v) is 4.89. The molecule has 1 aromatic rings. The van der Waals surface area contributed by atoms with E-state index in [1.54, 1.807) is 7.05 Å². The van der Waals surface area contributed by atoms with Gasteiger partial charge in [-0.25, -0.2) is 0 Å². The first-order chi connectivity index (χ1) is 8.20. The number of amides is 2. The van der Waals surface area contributed by atoms with Crippen LogP contribution in [-0.4, -0.2) is 23.8 Å². The first-order valence-corrected chi connectivity index (χ1v) is 5.76. The van der Waals surface area contributed by atoms with Crippen molar-refractivity contribution in [1.82, 2.24) is 4.90 Å². The van der Waals surface area contributed by atoms with Gasteiger partial charge in [-0.2, -0.15) is 0 Å². The van der Waals surface area contributed by atoms with Gasteiger partial charge in [-0.05, 0) is 11.1 Å². The Balaban J connectivity index is 1.90. The number of imide groups is 1. The summed E-state index contributed by atoms with van der Waals surface area (Å²) < 4.78 is 5.83. The molecule has 2 bridgehead atoms. The van der Waals surface area contributed by atoms with Crippen LogP contribution in [0.15, 0.2) is 24.3 Å². The third-order valence-corrected chi connectivity index (χ3v) is 4.17. The van der Waals surface area contributed by atoms with Gasteiger partial charge < -0.3 is 4.74 Å². The molecule has 4 rings (SSSR count). The molecule has 0 aliphatic carbocycles. The summed E-state index contributed by atoms with van der Waals surface area (Å²) in [5, 5.41) is 0. The first-order valence-electron chi connectivity index (χ1n) is 5.76. The Kier molecular flexibility index (Phi) is 1.52. The van der Waals surface area contributed by atoms with E-state index in [2.05, 4.69) is 0 Å². The van der Waals surface area contributed by atoms with E-state index >= 15 is 0 Å². The predicted molar refractivity (Wildman–Crippen MR) is 57.8 cm³/mol. The van der Waals surface area contributed by atoms with Crippen LogP contribution in [0.1, 0.15) is 23.3 Å². The molecule has 1 aromatic carbocycles. The van der Waals surface area contributed by atoms with Crippen molar-refractivity contribution in [1.29, 1.82) is 0 Å². The van der Waals surface area contributed by atoms with Gasteiger partial charge in [0.25, 0.3) is 0 Å². The summed E-state index contributed by atoms with van der Waals surface area (Å²) >= 11 is 0. The molecule has 4 atom stereocenters. The SMILES string of the molecule is CN1C(=O)[C@@H]2[C@H](C1=O)[C@H]1O[C@@H]2c2ccccc21. The summed E-state index contributed by atoms with van der Waals surface area (Å²) in [6, 6.07) is 7.88. The molecule has 0 spiro atoms. The number of fused-ring (bicyclic) bond motifs is 8. The lowest BCUT2D eigenvalue weighted by atomic mass is 9.77. The molecule has 17 heavy (non-hydrogen) atoms. The molecule has 2 saturated heterocycles. The fourth-order valence-corrected chi connectivity index (χ4v) is 3.39. The maximum Gasteiger partial charge on any atom is 0.235 e. The summed E-state index contributed by atoms with van der Waals surface area (Å²) in [4.78, 5) is 25.3. The number of benzene rings is 1. The van der Waals surface area contributed by atoms with Crippen molar-refractivity contribution in [3.8, 4) is 0 Å². The van der Waals surface area contributed by atoms with Gasteiger partial charge in [0.05, 0.1) is 24.0 Å². The van der Waals surface area contributed by atoms with Crippen molar-refractivity contribution < 1.29 is 14.3 Å². The second-order valence-electron chi connectivity index (χ2n) is 4.89. The standard InChI is InChI=1S/C13H11NO3/c1-14-12(15)8-9(13(14)16)11-7-5-3-2-4-6(7)10(8)17-11/h2-5,8-11H,1H3/t8-,9+,10-,11+. The summed E-state index contributed by atoms with van der Waals surface area (Å²) in [7, 11) is 1.56. The molecular formula is C13H11NO3. The van der Waals surface area contributed by atoms with Crippen LogP contribution in [0.2, 0.25) is 0 Å². The molecule has 4 heteroatoms. The number of carbonyl (C=O) groups excluding carboxylic acids is 2. The van der Waals surface area contributed by atoms with Crippen LogP contribution in [0.25, 0.3) is 0 Å². The van der Waals surface area contributed by atoms with Crippen molar-refractivity contribution in [3.05, 3.63) is 35.4 Å². The van der Waals surface area contributed by atoms with E-state index in [1.165, 1.54) is 4.90 Å². The molecule has 3 heterocycles. The van der Waals surface area contributed by atoms with Crippen LogP contribution in [0.4, 0.5) is 0 Å². The topological polar surface area (TPSA) is 46.6 Å². The summed E-state index contributed by atoms with van der Waals surface area (Å²) in [6.07, 6.45) is -0.440. The lowest BCUT2D eigenvalue weighted by Gasteiger charge is -2.19. The zero-order chi connectivity index (χ0) is 11.7. The number of carbonyl (C=O) groups is 2. The summed E-state index contributed by atoms with van der Waals surface area (Å²) in [5.74, 6) is -0.788. The van der Waals surface area contributed by atoms with E-state index in [0.29, 0.717) is 0 Å². The van der Waals surface area contributed by atoms with Gasteiger partial charge in [0, 0.05) is 7.05 Å². The molecule has 2 fully saturated rings. The highest BCUT2D eigenvalue weighted by atomic mass is 16.5. The largest absolute Gasteiger partial charge is 0.364 e. The van der Waals surface area contributed by atoms with Gasteiger partial charge in [0.15, 0.2) is 0 Å². The van der Waals surface area contributed by atoms with E-state index in [1.807, 2.05) is 24.3 Å². The molecule has 3 aliphatic rings. The minimum atomic E-state index is -0.299. The maximum absolute atomic E-state index is 12.0. The van der Waals surface area contributed by atoms with Crippen molar-refractivity contribution in [3.63, 3.8) is 0 Å². The Labute approximate surface area is 98.2 Å². The van der Waals surface area contributed by atoms with Crippen molar-refractivity contribution in [2.75, 3.05) is 7.05 Å². The second kappa shape index (κ2) is 2.76. The molecule has 4 nitrogen and oxygen atoms in total. The highest BCUT2D eigenvalue weighted by molar-refractivity contribution is 6.06. The van der Waals surface area contributed by atoms with Gasteiger partial charge in [-0.3, -0.25) is 14.5 Å². The van der Waals surface area contributed by atoms with E-state index in [9.17, 15) is 9.59 Å². The van der Waals surface area contributed by atoms with E-state index in [4.69, 9.17) is 4.74 Å². The van der Waals surface area contributed by atoms with Crippen LogP contribution >= 0.6 is 0 Å². The van der Waals surface area contributed by atoms with Gasteiger partial charge in [0.1, 0.15) is 0 Å². The number of likely N-dealkylation sites (tertiary alicyclic amines) is 1. The van der Waals surface area contributed by atoms with E-state index < -0.39 is 0 Å². The lowest BCUT2D eigenvalue weighted by Crippen LogP contribution is -2.28. The highest BCUT2D eigenvalue weighted by Crippen LogP contribution is 2.59. The number of hydrogen-bond acceptors (Lipinski definition) is 3. The summed E-state index contributed by atoms with van der Waals surface area (Å²) in [5.41, 5.74) is 2.16. The lowest BCUT2D eigenvalue weighted by molar-refractivity contribution is -0.141. The molecule has 2 amide bonds. The number of nitrogens with zero attached hydrogens (tertiary/aromatic N) is 1. The molecule has 0 N–H and O–H groups in total. The number of rotatable bonds is 0. The van der Waals surface area contributed by atoms with Crippen LogP contribution < -0.4 is 0 Å².